The minimum absolute atomic E-state index is 0.0250. The Morgan fingerprint density at radius 2 is 1.80 bits per heavy atom. The highest BCUT2D eigenvalue weighted by atomic mass is 32.2. The van der Waals surface area contributed by atoms with E-state index in [0.717, 1.165) is 16.5 Å². The average molecular weight is 288 g/mol. The zero-order chi connectivity index (χ0) is 14.6. The molecule has 0 amide bonds. The molecule has 3 nitrogen and oxygen atoms in total. The number of ether oxygens (including phenoxy) is 1. The Labute approximate surface area is 124 Å². The number of rotatable bonds is 4. The predicted octanol–water partition coefficient (Wildman–Crippen LogP) is 4.81. The molecule has 0 aliphatic heterocycles. The first-order valence-electron chi connectivity index (χ1n) is 6.54. The number of hydrogen-bond donors (Lipinski definition) is 1. The van der Waals surface area contributed by atoms with Crippen LogP contribution >= 0.6 is 11.8 Å². The zero-order valence-electron chi connectivity index (χ0n) is 12.3. The van der Waals surface area contributed by atoms with Crippen LogP contribution in [0, 0.1) is 0 Å². The van der Waals surface area contributed by atoms with Gasteiger partial charge in [-0.2, -0.15) is 4.98 Å². The fraction of sp³-hybridized carbons (Fsp3) is 0.312. The lowest BCUT2D eigenvalue weighted by atomic mass is 10.1. The molecule has 1 aromatic carbocycles. The van der Waals surface area contributed by atoms with Crippen LogP contribution in [0.2, 0.25) is 0 Å². The van der Waals surface area contributed by atoms with Gasteiger partial charge >= 0.3 is 0 Å². The van der Waals surface area contributed by atoms with Crippen LogP contribution in [0.4, 0.5) is 5.82 Å². The van der Waals surface area contributed by atoms with E-state index in [2.05, 4.69) is 31.1 Å². The average Bonchev–Trinajstić information content (AvgIpc) is 2.38. The molecule has 0 aliphatic carbocycles. The third-order valence-corrected chi connectivity index (χ3v) is 3.29. The Hall–Kier alpha value is -1.68. The van der Waals surface area contributed by atoms with Crippen molar-refractivity contribution in [3.05, 3.63) is 42.5 Å². The van der Waals surface area contributed by atoms with E-state index in [1.807, 2.05) is 48.7 Å². The number of nitrogens with zero attached hydrogens (tertiary/aromatic N) is 1. The first kappa shape index (κ1) is 14.7. The van der Waals surface area contributed by atoms with Gasteiger partial charge in [0.1, 0.15) is 11.6 Å². The Bertz CT molecular complexity index is 579. The van der Waals surface area contributed by atoms with Crippen molar-refractivity contribution in [3.8, 4) is 11.6 Å². The van der Waals surface area contributed by atoms with E-state index >= 15 is 0 Å². The van der Waals surface area contributed by atoms with Gasteiger partial charge < -0.3 is 10.1 Å². The van der Waals surface area contributed by atoms with E-state index in [9.17, 15) is 0 Å². The quantitative estimate of drug-likeness (QED) is 0.819. The highest BCUT2D eigenvalue weighted by molar-refractivity contribution is 7.98. The molecule has 1 N–H and O–H groups in total. The molecule has 0 fully saturated rings. The molecule has 1 aromatic heterocycles. The highest BCUT2D eigenvalue weighted by Crippen LogP contribution is 2.30. The normalized spacial score (nSPS) is 11.2. The number of pyridine rings is 1. The maximum atomic E-state index is 5.88. The van der Waals surface area contributed by atoms with Crippen LogP contribution in [0.15, 0.2) is 47.4 Å². The van der Waals surface area contributed by atoms with Gasteiger partial charge in [-0.1, -0.05) is 18.2 Å². The summed E-state index contributed by atoms with van der Waals surface area (Å²) in [5.41, 5.74) is -0.0250. The maximum Gasteiger partial charge on any atom is 0.221 e. The zero-order valence-corrected chi connectivity index (χ0v) is 13.1. The molecular weight excluding hydrogens is 268 g/mol. The van der Waals surface area contributed by atoms with Gasteiger partial charge in [0.05, 0.1) is 0 Å². The largest absolute Gasteiger partial charge is 0.438 e. The lowest BCUT2D eigenvalue weighted by molar-refractivity contribution is 0.452. The summed E-state index contributed by atoms with van der Waals surface area (Å²) in [6.45, 7) is 6.31. The first-order chi connectivity index (χ1) is 9.48. The van der Waals surface area contributed by atoms with E-state index in [0.29, 0.717) is 5.88 Å². The van der Waals surface area contributed by atoms with E-state index < -0.39 is 0 Å². The monoisotopic (exact) mass is 288 g/mol. The van der Waals surface area contributed by atoms with Gasteiger partial charge in [-0.05, 0) is 45.2 Å². The molecular formula is C16H20N2OS. The molecule has 0 spiro atoms. The minimum Gasteiger partial charge on any atom is -0.438 e. The van der Waals surface area contributed by atoms with Crippen LogP contribution in [0.5, 0.6) is 11.6 Å². The summed E-state index contributed by atoms with van der Waals surface area (Å²) in [6.07, 6.45) is 2.03. The lowest BCUT2D eigenvalue weighted by Crippen LogP contribution is -2.26. The lowest BCUT2D eigenvalue weighted by Gasteiger charge is -2.21. The number of para-hydroxylation sites is 1. The van der Waals surface area contributed by atoms with E-state index in [-0.39, 0.29) is 5.54 Å². The molecule has 4 heteroatoms. The number of hydrogen-bond acceptors (Lipinski definition) is 4. The summed E-state index contributed by atoms with van der Waals surface area (Å²) in [7, 11) is 0. The maximum absolute atomic E-state index is 5.88. The van der Waals surface area contributed by atoms with Gasteiger partial charge in [0, 0.05) is 16.5 Å². The van der Waals surface area contributed by atoms with Crippen molar-refractivity contribution in [2.24, 2.45) is 0 Å². The van der Waals surface area contributed by atoms with Crippen LogP contribution < -0.4 is 10.1 Å². The van der Waals surface area contributed by atoms with Crippen LogP contribution in [-0.2, 0) is 0 Å². The van der Waals surface area contributed by atoms with Crippen LogP contribution in [0.25, 0.3) is 0 Å². The second-order valence-electron chi connectivity index (χ2n) is 5.49. The second-order valence-corrected chi connectivity index (χ2v) is 6.34. The summed E-state index contributed by atoms with van der Waals surface area (Å²) in [5, 5.41) is 3.34. The fourth-order valence-electron chi connectivity index (χ4n) is 1.74. The Morgan fingerprint density at radius 1 is 1.05 bits per heavy atom. The molecule has 20 heavy (non-hydrogen) atoms. The van der Waals surface area contributed by atoms with E-state index in [1.165, 1.54) is 0 Å². The molecule has 0 atom stereocenters. The second kappa shape index (κ2) is 6.18. The number of thioether (sulfide) groups is 1. The molecule has 106 valence electrons. The van der Waals surface area contributed by atoms with Crippen molar-refractivity contribution >= 4 is 17.6 Å². The highest BCUT2D eigenvalue weighted by Gasteiger charge is 2.11. The van der Waals surface area contributed by atoms with Gasteiger partial charge in [-0.3, -0.25) is 0 Å². The van der Waals surface area contributed by atoms with Crippen LogP contribution in [0.1, 0.15) is 20.8 Å². The molecule has 2 rings (SSSR count). The van der Waals surface area contributed by atoms with Gasteiger partial charge in [-0.25, -0.2) is 0 Å². The van der Waals surface area contributed by atoms with Gasteiger partial charge in [0.25, 0.3) is 0 Å². The fourth-order valence-corrected chi connectivity index (χ4v) is 2.27. The summed E-state index contributed by atoms with van der Waals surface area (Å²) in [6, 6.07) is 13.7. The molecule has 1 heterocycles. The Kier molecular flexibility index (Phi) is 4.55. The molecule has 0 radical (unpaired) electrons. The molecule has 0 bridgehead atoms. The first-order valence-corrected chi connectivity index (χ1v) is 7.76. The Balaban J connectivity index is 2.19. The van der Waals surface area contributed by atoms with Gasteiger partial charge in [0.15, 0.2) is 0 Å². The van der Waals surface area contributed by atoms with Crippen molar-refractivity contribution in [1.29, 1.82) is 0 Å². The summed E-state index contributed by atoms with van der Waals surface area (Å²) >= 11 is 1.66. The number of aromatic nitrogens is 1. The van der Waals surface area contributed by atoms with Gasteiger partial charge in [-0.15, -0.1) is 11.8 Å². The molecule has 0 unspecified atom stereocenters. The topological polar surface area (TPSA) is 34.1 Å². The van der Waals surface area contributed by atoms with E-state index in [4.69, 9.17) is 4.74 Å². The smallest absolute Gasteiger partial charge is 0.221 e. The summed E-state index contributed by atoms with van der Waals surface area (Å²) < 4.78 is 5.88. The Morgan fingerprint density at radius 3 is 2.50 bits per heavy atom. The van der Waals surface area contributed by atoms with Crippen molar-refractivity contribution in [1.82, 2.24) is 4.98 Å². The number of anilines is 1. The summed E-state index contributed by atoms with van der Waals surface area (Å²) in [4.78, 5) is 5.59. The van der Waals surface area contributed by atoms with Crippen LogP contribution in [0.3, 0.4) is 0 Å². The van der Waals surface area contributed by atoms with Crippen LogP contribution in [-0.4, -0.2) is 16.8 Å². The molecule has 0 aliphatic rings. The molecule has 0 saturated carbocycles. The van der Waals surface area contributed by atoms with Crippen molar-refractivity contribution in [2.45, 2.75) is 31.2 Å². The standard InChI is InChI=1S/C16H20N2OS/c1-16(2,3)18-14-10-7-11-15(17-14)19-12-8-5-6-9-13(12)20-4/h5-11H,1-4H3,(H,17,18). The van der Waals surface area contributed by atoms with E-state index in [1.54, 1.807) is 11.8 Å². The number of nitrogens with one attached hydrogen (secondary N) is 1. The minimum atomic E-state index is -0.0250. The van der Waals surface area contributed by atoms with Gasteiger partial charge in [0.2, 0.25) is 5.88 Å². The predicted molar refractivity (Wildman–Crippen MR) is 85.9 cm³/mol. The van der Waals surface area contributed by atoms with Crippen molar-refractivity contribution in [2.75, 3.05) is 11.6 Å². The SMILES string of the molecule is CSc1ccccc1Oc1cccc(NC(C)(C)C)n1. The third kappa shape index (κ3) is 4.17. The third-order valence-electron chi connectivity index (χ3n) is 2.51. The van der Waals surface area contributed by atoms with Crippen molar-refractivity contribution < 1.29 is 4.74 Å². The summed E-state index contributed by atoms with van der Waals surface area (Å²) in [5.74, 6) is 2.25. The molecule has 0 saturated heterocycles. The molecule has 2 aromatic rings. The number of benzene rings is 1. The van der Waals surface area contributed by atoms with Crippen molar-refractivity contribution in [3.63, 3.8) is 0 Å².